The predicted molar refractivity (Wildman–Crippen MR) is 189 cm³/mol. The monoisotopic (exact) mass is 743 g/mol. The molecule has 6 rings (SSSR count). The first-order chi connectivity index (χ1) is 23.7. The summed E-state index contributed by atoms with van der Waals surface area (Å²) in [6.07, 6.45) is 2.95. The Bertz CT molecular complexity index is 2310. The molecular weight excluding hydrogens is 714 g/mol. The third kappa shape index (κ3) is 6.72. The maximum Gasteiger partial charge on any atom is 0.337 e. The van der Waals surface area contributed by atoms with Gasteiger partial charge >= 0.3 is 11.7 Å². The molecule has 1 aromatic heterocycles. The van der Waals surface area contributed by atoms with Crippen molar-refractivity contribution in [3.05, 3.63) is 136 Å². The van der Waals surface area contributed by atoms with E-state index in [4.69, 9.17) is 18.9 Å². The van der Waals surface area contributed by atoms with E-state index in [-0.39, 0.29) is 28.1 Å². The zero-order valence-electron chi connectivity index (χ0n) is 26.7. The van der Waals surface area contributed by atoms with E-state index in [0.717, 1.165) is 27.7 Å². The van der Waals surface area contributed by atoms with Crippen LogP contribution < -0.4 is 29.1 Å². The fourth-order valence-electron chi connectivity index (χ4n) is 5.67. The van der Waals surface area contributed by atoms with Crippen LogP contribution in [0.15, 0.2) is 98.8 Å². The van der Waals surface area contributed by atoms with Crippen LogP contribution in [0.4, 0.5) is 5.69 Å². The Kier molecular flexibility index (Phi) is 9.92. The Labute approximate surface area is 292 Å². The average molecular weight is 745 g/mol. The van der Waals surface area contributed by atoms with Crippen LogP contribution in [0.3, 0.4) is 0 Å². The van der Waals surface area contributed by atoms with E-state index in [2.05, 4.69) is 20.9 Å². The van der Waals surface area contributed by atoms with E-state index in [1.165, 1.54) is 23.9 Å². The van der Waals surface area contributed by atoms with Gasteiger partial charge in [-0.15, -0.1) is 0 Å². The number of esters is 1. The van der Waals surface area contributed by atoms with Crippen LogP contribution in [0, 0.1) is 10.1 Å². The standard InChI is InChI=1S/C36H30BrN3O8S/c1-4-46-29-14-13-23(18-30(29)47-5-2)32-26(35(42)45-3)19-38-36-39(32)34(41)31(49-36)17-21-15-27(37)33(28(16-21)40(43)44)48-20-24-11-8-10-22-9-6-7-12-25(22)24/h6-19,32H,4-5,20H2,1-3H3/b31-17+/t32-/m1/s1. The summed E-state index contributed by atoms with van der Waals surface area (Å²) < 4.78 is 24.6. The number of nitro groups is 1. The molecule has 0 N–H and O–H groups in total. The van der Waals surface area contributed by atoms with Gasteiger partial charge in [0.15, 0.2) is 16.3 Å². The second kappa shape index (κ2) is 14.5. The summed E-state index contributed by atoms with van der Waals surface area (Å²) in [4.78, 5) is 43.4. The van der Waals surface area contributed by atoms with Gasteiger partial charge in [-0.25, -0.2) is 9.79 Å². The van der Waals surface area contributed by atoms with Crippen molar-refractivity contribution < 1.29 is 28.7 Å². The van der Waals surface area contributed by atoms with Crippen molar-refractivity contribution in [2.75, 3.05) is 20.3 Å². The number of nitrogens with zero attached hydrogens (tertiary/aromatic N) is 3. The number of fused-ring (bicyclic) bond motifs is 2. The number of thiazole rings is 1. The highest BCUT2D eigenvalue weighted by atomic mass is 79.9. The van der Waals surface area contributed by atoms with E-state index in [0.29, 0.717) is 45.1 Å². The first kappa shape index (κ1) is 33.6. The second-order valence-electron chi connectivity index (χ2n) is 10.8. The molecule has 0 aliphatic carbocycles. The average Bonchev–Trinajstić information content (AvgIpc) is 3.42. The number of aromatic nitrogens is 1. The van der Waals surface area contributed by atoms with Crippen molar-refractivity contribution in [3.63, 3.8) is 0 Å². The number of hydrogen-bond donors (Lipinski definition) is 0. The largest absolute Gasteiger partial charge is 0.490 e. The minimum absolute atomic E-state index is 0.0693. The fraction of sp³-hybridized carbons (Fsp3) is 0.194. The summed E-state index contributed by atoms with van der Waals surface area (Å²) in [6.45, 7) is 4.61. The number of carbonyl (C=O) groups is 1. The second-order valence-corrected chi connectivity index (χ2v) is 12.6. The molecule has 49 heavy (non-hydrogen) atoms. The lowest BCUT2D eigenvalue weighted by molar-refractivity contribution is -0.386. The molecule has 0 unspecified atom stereocenters. The molecule has 0 saturated carbocycles. The Balaban J connectivity index is 1.41. The van der Waals surface area contributed by atoms with E-state index in [1.807, 2.05) is 56.3 Å². The van der Waals surface area contributed by atoms with Crippen LogP contribution in [0.25, 0.3) is 16.8 Å². The Morgan fingerprint density at radius 1 is 1.02 bits per heavy atom. The zero-order chi connectivity index (χ0) is 34.7. The van der Waals surface area contributed by atoms with Crippen LogP contribution >= 0.6 is 27.3 Å². The number of rotatable bonds is 11. The SMILES string of the molecule is CCOc1ccc([C@@H]2C(C(=O)OC)=CN=c3s/c(=C/c4cc(Br)c(OCc5cccc6ccccc56)c([N+](=O)[O-])c4)c(=O)n32)cc1OCC. The molecule has 1 atom stereocenters. The molecule has 0 saturated heterocycles. The molecule has 5 aromatic rings. The lowest BCUT2D eigenvalue weighted by Gasteiger charge is -2.23. The van der Waals surface area contributed by atoms with Crippen LogP contribution in [0.5, 0.6) is 17.2 Å². The van der Waals surface area contributed by atoms with Gasteiger partial charge in [-0.2, -0.15) is 0 Å². The zero-order valence-corrected chi connectivity index (χ0v) is 29.1. The third-order valence-electron chi connectivity index (χ3n) is 7.80. The smallest absolute Gasteiger partial charge is 0.337 e. The molecular formula is C36H30BrN3O8S. The van der Waals surface area contributed by atoms with Crippen LogP contribution in [-0.2, 0) is 16.1 Å². The molecule has 0 spiro atoms. The quantitative estimate of drug-likeness (QED) is 0.0886. The van der Waals surface area contributed by atoms with Crippen LogP contribution in [-0.4, -0.2) is 35.8 Å². The number of methoxy groups -OCH3 is 1. The van der Waals surface area contributed by atoms with Gasteiger partial charge in [0.05, 0.1) is 45.9 Å². The van der Waals surface area contributed by atoms with Crippen molar-refractivity contribution >= 4 is 55.8 Å². The molecule has 1 aliphatic heterocycles. The minimum Gasteiger partial charge on any atom is -0.490 e. The minimum atomic E-state index is -0.883. The molecule has 0 amide bonds. The highest BCUT2D eigenvalue weighted by Crippen LogP contribution is 2.38. The highest BCUT2D eigenvalue weighted by Gasteiger charge is 2.31. The molecule has 11 nitrogen and oxygen atoms in total. The molecule has 1 aliphatic rings. The maximum absolute atomic E-state index is 14.1. The van der Waals surface area contributed by atoms with Gasteiger partial charge in [0.1, 0.15) is 6.61 Å². The van der Waals surface area contributed by atoms with Gasteiger partial charge in [-0.05, 0) is 81.5 Å². The summed E-state index contributed by atoms with van der Waals surface area (Å²) in [5, 5.41) is 14.3. The van der Waals surface area contributed by atoms with Gasteiger partial charge in [-0.3, -0.25) is 19.5 Å². The molecule has 250 valence electrons. The normalized spacial score (nSPS) is 14.1. The summed E-state index contributed by atoms with van der Waals surface area (Å²) in [6, 6.07) is 21.0. The topological polar surface area (TPSA) is 131 Å². The van der Waals surface area contributed by atoms with E-state index in [9.17, 15) is 19.7 Å². The lowest BCUT2D eigenvalue weighted by atomic mass is 9.97. The summed E-state index contributed by atoms with van der Waals surface area (Å²) in [5.41, 5.74) is 1.30. The summed E-state index contributed by atoms with van der Waals surface area (Å²) in [5.74, 6) is 0.416. The van der Waals surface area contributed by atoms with Crippen molar-refractivity contribution in [3.8, 4) is 17.2 Å². The number of carbonyl (C=O) groups excluding carboxylic acids is 1. The number of ether oxygens (including phenoxy) is 4. The number of benzene rings is 4. The molecule has 0 bridgehead atoms. The van der Waals surface area contributed by atoms with Gasteiger partial charge in [0.2, 0.25) is 5.75 Å². The molecule has 0 radical (unpaired) electrons. The van der Waals surface area contributed by atoms with E-state index >= 15 is 0 Å². The Morgan fingerprint density at radius 3 is 2.53 bits per heavy atom. The Hall–Kier alpha value is -5.27. The van der Waals surface area contributed by atoms with E-state index in [1.54, 1.807) is 30.3 Å². The van der Waals surface area contributed by atoms with Crippen molar-refractivity contribution in [1.29, 1.82) is 0 Å². The summed E-state index contributed by atoms with van der Waals surface area (Å²) in [7, 11) is 1.26. The first-order valence-corrected chi connectivity index (χ1v) is 16.9. The predicted octanol–water partition coefficient (Wildman–Crippen LogP) is 6.22. The van der Waals surface area contributed by atoms with E-state index < -0.39 is 22.5 Å². The number of halogens is 1. The molecule has 13 heteroatoms. The van der Waals surface area contributed by atoms with Crippen LogP contribution in [0.1, 0.15) is 36.6 Å². The maximum atomic E-state index is 14.1. The van der Waals surface area contributed by atoms with Gasteiger partial charge < -0.3 is 18.9 Å². The van der Waals surface area contributed by atoms with Crippen molar-refractivity contribution in [1.82, 2.24) is 4.57 Å². The van der Waals surface area contributed by atoms with Crippen molar-refractivity contribution in [2.24, 2.45) is 4.99 Å². The van der Waals surface area contributed by atoms with Crippen LogP contribution in [0.2, 0.25) is 0 Å². The Morgan fingerprint density at radius 2 is 1.78 bits per heavy atom. The fourth-order valence-corrected chi connectivity index (χ4v) is 7.22. The number of nitro benzene ring substituents is 1. The summed E-state index contributed by atoms with van der Waals surface area (Å²) >= 11 is 4.55. The van der Waals surface area contributed by atoms with Crippen molar-refractivity contribution in [2.45, 2.75) is 26.5 Å². The van der Waals surface area contributed by atoms with Gasteiger partial charge in [0.25, 0.3) is 5.56 Å². The third-order valence-corrected chi connectivity index (χ3v) is 9.39. The first-order valence-electron chi connectivity index (χ1n) is 15.3. The lowest BCUT2D eigenvalue weighted by Crippen LogP contribution is -2.39. The number of hydrogen-bond acceptors (Lipinski definition) is 10. The molecule has 2 heterocycles. The molecule has 0 fully saturated rings. The highest BCUT2D eigenvalue weighted by molar-refractivity contribution is 9.10. The molecule has 4 aromatic carbocycles. The van der Waals surface area contributed by atoms with Gasteiger partial charge in [-0.1, -0.05) is 59.9 Å². The van der Waals surface area contributed by atoms with Gasteiger partial charge in [0, 0.05) is 12.3 Å².